The standard InChI is InChI=1S/C17H19N5O/c1-12-13(10-16(23)19-12)9-14-11-18-22-8-5-15(20-17(14)22)21-6-3-2-4-7-21/h5,8-9,11H,1-4,6-7,10H2,(H,19,23)/b13-9+. The Morgan fingerprint density at radius 1 is 1.26 bits per heavy atom. The van der Waals surface area contributed by atoms with E-state index in [1.165, 1.54) is 19.3 Å². The molecular weight excluding hydrogens is 290 g/mol. The quantitative estimate of drug-likeness (QED) is 0.923. The molecule has 0 atom stereocenters. The van der Waals surface area contributed by atoms with Gasteiger partial charge in [-0.25, -0.2) is 9.50 Å². The van der Waals surface area contributed by atoms with Gasteiger partial charge in [-0.1, -0.05) is 6.58 Å². The smallest absolute Gasteiger partial charge is 0.228 e. The van der Waals surface area contributed by atoms with Crippen LogP contribution in [-0.2, 0) is 4.79 Å². The van der Waals surface area contributed by atoms with Crippen LogP contribution in [0.4, 0.5) is 5.82 Å². The summed E-state index contributed by atoms with van der Waals surface area (Å²) in [7, 11) is 0. The number of fused-ring (bicyclic) bond motifs is 1. The third kappa shape index (κ3) is 2.60. The molecule has 2 aliphatic rings. The van der Waals surface area contributed by atoms with Gasteiger partial charge in [-0.15, -0.1) is 0 Å². The molecular formula is C17H19N5O. The minimum absolute atomic E-state index is 0.0142. The molecule has 0 spiro atoms. The van der Waals surface area contributed by atoms with Gasteiger partial charge in [0.2, 0.25) is 5.91 Å². The summed E-state index contributed by atoms with van der Waals surface area (Å²) in [6.07, 6.45) is 9.78. The Kier molecular flexibility index (Phi) is 3.37. The molecule has 2 aromatic rings. The maximum Gasteiger partial charge on any atom is 0.228 e. The SMILES string of the molecule is C=C1NC(=O)C/C1=C\c1cnn2ccc(N3CCCCC3)nc12. The van der Waals surface area contributed by atoms with Crippen LogP contribution in [0.5, 0.6) is 0 Å². The first-order valence-electron chi connectivity index (χ1n) is 8.00. The van der Waals surface area contributed by atoms with Gasteiger partial charge in [-0.05, 0) is 37.0 Å². The predicted octanol–water partition coefficient (Wildman–Crippen LogP) is 2.14. The number of carbonyl (C=O) groups excluding carboxylic acids is 1. The van der Waals surface area contributed by atoms with Crippen molar-refractivity contribution in [1.82, 2.24) is 19.9 Å². The molecule has 118 valence electrons. The van der Waals surface area contributed by atoms with E-state index in [9.17, 15) is 4.79 Å². The van der Waals surface area contributed by atoms with E-state index in [0.29, 0.717) is 12.1 Å². The van der Waals surface area contributed by atoms with Crippen molar-refractivity contribution in [2.75, 3.05) is 18.0 Å². The van der Waals surface area contributed by atoms with Crippen molar-refractivity contribution in [3.8, 4) is 0 Å². The highest BCUT2D eigenvalue weighted by molar-refractivity contribution is 5.89. The van der Waals surface area contributed by atoms with E-state index in [-0.39, 0.29) is 5.91 Å². The van der Waals surface area contributed by atoms with Crippen LogP contribution in [0, 0.1) is 0 Å². The van der Waals surface area contributed by atoms with E-state index in [0.717, 1.165) is 35.7 Å². The second-order valence-corrected chi connectivity index (χ2v) is 6.07. The maximum absolute atomic E-state index is 11.5. The van der Waals surface area contributed by atoms with Gasteiger partial charge >= 0.3 is 0 Å². The zero-order chi connectivity index (χ0) is 15.8. The third-order valence-corrected chi connectivity index (χ3v) is 4.42. The van der Waals surface area contributed by atoms with E-state index in [2.05, 4.69) is 21.9 Å². The number of hydrogen-bond donors (Lipinski definition) is 1. The number of rotatable bonds is 2. The van der Waals surface area contributed by atoms with E-state index in [1.54, 1.807) is 10.7 Å². The van der Waals surface area contributed by atoms with Crippen LogP contribution < -0.4 is 10.2 Å². The lowest BCUT2D eigenvalue weighted by Gasteiger charge is -2.27. The lowest BCUT2D eigenvalue weighted by molar-refractivity contribution is -0.118. The monoisotopic (exact) mass is 309 g/mol. The third-order valence-electron chi connectivity index (χ3n) is 4.42. The molecule has 0 saturated carbocycles. The van der Waals surface area contributed by atoms with Crippen molar-refractivity contribution < 1.29 is 4.79 Å². The molecule has 4 rings (SSSR count). The molecule has 2 aliphatic heterocycles. The summed E-state index contributed by atoms with van der Waals surface area (Å²) in [5.74, 6) is 0.983. The van der Waals surface area contributed by atoms with Gasteiger partial charge in [-0.3, -0.25) is 4.79 Å². The average Bonchev–Trinajstić information content (AvgIpc) is 3.11. The first-order valence-corrected chi connectivity index (χ1v) is 8.00. The van der Waals surface area contributed by atoms with Crippen molar-refractivity contribution in [2.45, 2.75) is 25.7 Å². The highest BCUT2D eigenvalue weighted by Crippen LogP contribution is 2.24. The number of anilines is 1. The van der Waals surface area contributed by atoms with E-state index < -0.39 is 0 Å². The summed E-state index contributed by atoms with van der Waals surface area (Å²) in [5.41, 5.74) is 3.29. The Morgan fingerprint density at radius 2 is 2.09 bits per heavy atom. The number of piperidine rings is 1. The molecule has 1 N–H and O–H groups in total. The minimum atomic E-state index is -0.0142. The van der Waals surface area contributed by atoms with Crippen molar-refractivity contribution in [1.29, 1.82) is 0 Å². The predicted molar refractivity (Wildman–Crippen MR) is 88.9 cm³/mol. The summed E-state index contributed by atoms with van der Waals surface area (Å²) < 4.78 is 1.77. The van der Waals surface area contributed by atoms with Crippen molar-refractivity contribution in [2.24, 2.45) is 0 Å². The zero-order valence-electron chi connectivity index (χ0n) is 13.0. The summed E-state index contributed by atoms with van der Waals surface area (Å²) in [5, 5.41) is 7.08. The Balaban J connectivity index is 1.71. The summed E-state index contributed by atoms with van der Waals surface area (Å²) >= 11 is 0. The summed E-state index contributed by atoms with van der Waals surface area (Å²) in [6.45, 7) is 6.00. The first kappa shape index (κ1) is 14.0. The first-order chi connectivity index (χ1) is 11.2. The molecule has 0 aliphatic carbocycles. The van der Waals surface area contributed by atoms with Crippen LogP contribution in [0.15, 0.2) is 36.3 Å². The number of nitrogens with zero attached hydrogens (tertiary/aromatic N) is 4. The molecule has 0 aromatic carbocycles. The van der Waals surface area contributed by atoms with Gasteiger partial charge in [0.05, 0.1) is 12.6 Å². The number of hydrogen-bond acceptors (Lipinski definition) is 4. The Hall–Kier alpha value is -2.63. The average molecular weight is 309 g/mol. The lowest BCUT2D eigenvalue weighted by Crippen LogP contribution is -2.30. The van der Waals surface area contributed by atoms with Gasteiger partial charge in [0.1, 0.15) is 5.82 Å². The van der Waals surface area contributed by atoms with Gasteiger partial charge < -0.3 is 10.2 Å². The minimum Gasteiger partial charge on any atom is -0.357 e. The Bertz CT molecular complexity index is 813. The Morgan fingerprint density at radius 3 is 2.83 bits per heavy atom. The van der Waals surface area contributed by atoms with E-state index in [4.69, 9.17) is 4.98 Å². The topological polar surface area (TPSA) is 62.5 Å². The number of carbonyl (C=O) groups is 1. The number of allylic oxidation sites excluding steroid dienone is 1. The molecule has 6 nitrogen and oxygen atoms in total. The van der Waals surface area contributed by atoms with Crippen LogP contribution in [0.3, 0.4) is 0 Å². The maximum atomic E-state index is 11.5. The second-order valence-electron chi connectivity index (χ2n) is 6.07. The van der Waals surface area contributed by atoms with E-state index >= 15 is 0 Å². The molecule has 2 saturated heterocycles. The van der Waals surface area contributed by atoms with Crippen LogP contribution in [0.2, 0.25) is 0 Å². The largest absolute Gasteiger partial charge is 0.357 e. The summed E-state index contributed by atoms with van der Waals surface area (Å²) in [6, 6.07) is 2.02. The van der Waals surface area contributed by atoms with Crippen LogP contribution in [0.25, 0.3) is 11.7 Å². The molecule has 0 unspecified atom stereocenters. The molecule has 0 bridgehead atoms. The zero-order valence-corrected chi connectivity index (χ0v) is 13.0. The van der Waals surface area contributed by atoms with Crippen molar-refractivity contribution >= 4 is 23.4 Å². The molecule has 1 amide bonds. The molecule has 2 fully saturated rings. The number of amides is 1. The van der Waals surface area contributed by atoms with Gasteiger partial charge in [0, 0.05) is 30.5 Å². The molecule has 4 heterocycles. The fraction of sp³-hybridized carbons (Fsp3) is 0.353. The summed E-state index contributed by atoms with van der Waals surface area (Å²) in [4.78, 5) is 18.6. The van der Waals surface area contributed by atoms with Crippen LogP contribution in [0.1, 0.15) is 31.2 Å². The molecule has 23 heavy (non-hydrogen) atoms. The highest BCUT2D eigenvalue weighted by Gasteiger charge is 2.20. The van der Waals surface area contributed by atoms with Crippen molar-refractivity contribution in [3.05, 3.63) is 41.9 Å². The van der Waals surface area contributed by atoms with Crippen molar-refractivity contribution in [3.63, 3.8) is 0 Å². The van der Waals surface area contributed by atoms with Crippen LogP contribution in [-0.4, -0.2) is 33.6 Å². The number of nitrogens with one attached hydrogen (secondary N) is 1. The van der Waals surface area contributed by atoms with Gasteiger partial charge in [0.25, 0.3) is 0 Å². The molecule has 6 heteroatoms. The fourth-order valence-electron chi connectivity index (χ4n) is 3.18. The highest BCUT2D eigenvalue weighted by atomic mass is 16.1. The van der Waals surface area contributed by atoms with E-state index in [1.807, 2.05) is 18.3 Å². The fourth-order valence-corrected chi connectivity index (χ4v) is 3.18. The second kappa shape index (κ2) is 5.53. The van der Waals surface area contributed by atoms with Gasteiger partial charge in [0.15, 0.2) is 5.65 Å². The Labute approximate surface area is 134 Å². The molecule has 2 aromatic heterocycles. The normalized spacial score (nSPS) is 20.5. The van der Waals surface area contributed by atoms with Gasteiger partial charge in [-0.2, -0.15) is 5.10 Å². The lowest BCUT2D eigenvalue weighted by atomic mass is 10.1. The molecule has 0 radical (unpaired) electrons. The van der Waals surface area contributed by atoms with Crippen LogP contribution >= 0.6 is 0 Å². The number of aromatic nitrogens is 3.